The summed E-state index contributed by atoms with van der Waals surface area (Å²) in [6, 6.07) is 12.4. The lowest BCUT2D eigenvalue weighted by atomic mass is 10.1. The third kappa shape index (κ3) is 4.48. The second-order valence-electron chi connectivity index (χ2n) is 8.13. The Morgan fingerprint density at radius 3 is 2.52 bits per heavy atom. The van der Waals surface area contributed by atoms with Crippen LogP contribution in [0.15, 0.2) is 48.7 Å². The van der Waals surface area contributed by atoms with E-state index >= 15 is 0 Å². The number of aromatic nitrogens is 2. The van der Waals surface area contributed by atoms with E-state index in [4.69, 9.17) is 4.74 Å². The Labute approximate surface area is 182 Å². The van der Waals surface area contributed by atoms with Crippen molar-refractivity contribution < 1.29 is 13.9 Å². The average Bonchev–Trinajstić information content (AvgIpc) is 3.21. The van der Waals surface area contributed by atoms with Gasteiger partial charge in [-0.25, -0.2) is 9.07 Å². The smallest absolute Gasteiger partial charge is 0.257 e. The summed E-state index contributed by atoms with van der Waals surface area (Å²) in [5.74, 6) is 0.630. The van der Waals surface area contributed by atoms with Gasteiger partial charge in [-0.1, -0.05) is 19.1 Å². The maximum absolute atomic E-state index is 13.3. The van der Waals surface area contributed by atoms with Crippen molar-refractivity contribution in [3.8, 4) is 11.4 Å². The Morgan fingerprint density at radius 2 is 1.84 bits per heavy atom. The number of carbonyl (C=O) groups excluding carboxylic acids is 1. The highest BCUT2D eigenvalue weighted by Crippen LogP contribution is 2.25. The van der Waals surface area contributed by atoms with E-state index in [-0.39, 0.29) is 17.8 Å². The molecular formula is C25H28FN3O2. The van der Waals surface area contributed by atoms with Crippen molar-refractivity contribution in [1.82, 2.24) is 14.7 Å². The Morgan fingerprint density at radius 1 is 1.13 bits per heavy atom. The molecule has 1 aliphatic heterocycles. The third-order valence-electron chi connectivity index (χ3n) is 5.87. The van der Waals surface area contributed by atoms with Crippen LogP contribution in [0.3, 0.4) is 0 Å². The Balaban J connectivity index is 1.44. The van der Waals surface area contributed by atoms with E-state index < -0.39 is 0 Å². The molecule has 5 nitrogen and oxygen atoms in total. The molecule has 162 valence electrons. The first-order valence-electron chi connectivity index (χ1n) is 10.8. The number of piperidine rings is 1. The summed E-state index contributed by atoms with van der Waals surface area (Å²) >= 11 is 0. The molecule has 31 heavy (non-hydrogen) atoms. The van der Waals surface area contributed by atoms with Gasteiger partial charge in [0.1, 0.15) is 17.7 Å². The number of amides is 1. The number of ether oxygens (including phenoxy) is 1. The zero-order chi connectivity index (χ0) is 22.0. The van der Waals surface area contributed by atoms with Gasteiger partial charge in [-0.05, 0) is 61.7 Å². The molecule has 2 aromatic carbocycles. The molecule has 0 aliphatic carbocycles. The maximum Gasteiger partial charge on any atom is 0.257 e. The number of benzene rings is 2. The fraction of sp³-hybridized carbons (Fsp3) is 0.360. The first-order valence-corrected chi connectivity index (χ1v) is 10.8. The number of hydrogen-bond acceptors (Lipinski definition) is 3. The van der Waals surface area contributed by atoms with Gasteiger partial charge in [0.25, 0.3) is 5.91 Å². The van der Waals surface area contributed by atoms with Crippen molar-refractivity contribution in [3.63, 3.8) is 0 Å². The number of halogens is 1. The lowest BCUT2D eigenvalue weighted by molar-refractivity contribution is 0.0593. The van der Waals surface area contributed by atoms with Crippen LogP contribution in [-0.4, -0.2) is 39.8 Å². The minimum Gasteiger partial charge on any atom is -0.490 e. The van der Waals surface area contributed by atoms with Crippen LogP contribution < -0.4 is 4.74 Å². The Hall–Kier alpha value is -3.15. The first kappa shape index (κ1) is 21.1. The summed E-state index contributed by atoms with van der Waals surface area (Å²) in [7, 11) is 0. The minimum absolute atomic E-state index is 0.00426. The molecule has 6 heteroatoms. The van der Waals surface area contributed by atoms with Crippen molar-refractivity contribution >= 4 is 5.91 Å². The molecule has 0 radical (unpaired) electrons. The van der Waals surface area contributed by atoms with E-state index in [1.807, 2.05) is 11.8 Å². The van der Waals surface area contributed by atoms with Crippen LogP contribution in [0, 0.1) is 19.7 Å². The van der Waals surface area contributed by atoms with Crippen LogP contribution in [0.1, 0.15) is 46.9 Å². The molecule has 1 fully saturated rings. The van der Waals surface area contributed by atoms with E-state index in [0.717, 1.165) is 35.5 Å². The molecule has 1 amide bonds. The highest BCUT2D eigenvalue weighted by molar-refractivity contribution is 5.95. The van der Waals surface area contributed by atoms with Crippen LogP contribution >= 0.6 is 0 Å². The number of carbonyl (C=O) groups is 1. The van der Waals surface area contributed by atoms with Crippen LogP contribution in [-0.2, 0) is 6.42 Å². The molecule has 2 heterocycles. The predicted molar refractivity (Wildman–Crippen MR) is 118 cm³/mol. The molecule has 1 saturated heterocycles. The molecule has 0 saturated carbocycles. The number of likely N-dealkylation sites (tertiary alicyclic amines) is 1. The summed E-state index contributed by atoms with van der Waals surface area (Å²) in [6.07, 6.45) is 3.99. The average molecular weight is 422 g/mol. The highest BCUT2D eigenvalue weighted by atomic mass is 19.1. The summed E-state index contributed by atoms with van der Waals surface area (Å²) in [5, 5.41) is 4.41. The van der Waals surface area contributed by atoms with Gasteiger partial charge in [-0.2, -0.15) is 5.10 Å². The number of nitrogens with zero attached hydrogens (tertiary/aromatic N) is 3. The Bertz CT molecular complexity index is 1070. The van der Waals surface area contributed by atoms with E-state index in [0.29, 0.717) is 25.1 Å². The van der Waals surface area contributed by atoms with Gasteiger partial charge >= 0.3 is 0 Å². The molecule has 0 spiro atoms. The number of rotatable bonds is 5. The van der Waals surface area contributed by atoms with Crippen molar-refractivity contribution in [2.45, 2.75) is 46.1 Å². The third-order valence-corrected chi connectivity index (χ3v) is 5.87. The monoisotopic (exact) mass is 421 g/mol. The topological polar surface area (TPSA) is 47.4 Å². The van der Waals surface area contributed by atoms with Crippen LogP contribution in [0.5, 0.6) is 5.75 Å². The lowest BCUT2D eigenvalue weighted by Gasteiger charge is -2.32. The van der Waals surface area contributed by atoms with Crippen LogP contribution in [0.25, 0.3) is 5.69 Å². The second kappa shape index (κ2) is 8.92. The summed E-state index contributed by atoms with van der Waals surface area (Å²) in [5.41, 5.74) is 4.51. The van der Waals surface area contributed by atoms with Gasteiger partial charge < -0.3 is 9.64 Å². The van der Waals surface area contributed by atoms with Gasteiger partial charge in [0.2, 0.25) is 0 Å². The second-order valence-corrected chi connectivity index (χ2v) is 8.13. The van der Waals surface area contributed by atoms with E-state index in [1.165, 1.54) is 17.7 Å². The standard InChI is InChI=1S/C25H28FN3O2/c1-4-23-22(16-27-29(23)20-9-7-19(26)8-10-20)25(30)28-13-11-21(12-14-28)31-24-15-17(2)5-6-18(24)3/h5-10,15-16,21H,4,11-14H2,1-3H3. The molecule has 4 rings (SSSR count). The van der Waals surface area contributed by atoms with Crippen LogP contribution in [0.4, 0.5) is 4.39 Å². The fourth-order valence-corrected chi connectivity index (χ4v) is 4.06. The van der Waals surface area contributed by atoms with Gasteiger partial charge in [-0.15, -0.1) is 0 Å². The number of hydrogen-bond donors (Lipinski definition) is 0. The van der Waals surface area contributed by atoms with Crippen LogP contribution in [0.2, 0.25) is 0 Å². The van der Waals surface area contributed by atoms with Crippen molar-refractivity contribution in [3.05, 3.63) is 76.9 Å². The molecule has 0 N–H and O–H groups in total. The largest absolute Gasteiger partial charge is 0.490 e. The SMILES string of the molecule is CCc1c(C(=O)N2CCC(Oc3cc(C)ccc3C)CC2)cnn1-c1ccc(F)cc1. The minimum atomic E-state index is -0.295. The van der Waals surface area contributed by atoms with Gasteiger partial charge in [0.15, 0.2) is 0 Å². The molecule has 0 bridgehead atoms. The summed E-state index contributed by atoms with van der Waals surface area (Å²) in [6.45, 7) is 7.42. The first-order chi connectivity index (χ1) is 15.0. The zero-order valence-electron chi connectivity index (χ0n) is 18.3. The van der Waals surface area contributed by atoms with Crippen molar-refractivity contribution in [2.75, 3.05) is 13.1 Å². The molecular weight excluding hydrogens is 393 g/mol. The van der Waals surface area contributed by atoms with E-state index in [2.05, 4.69) is 37.1 Å². The molecule has 0 unspecified atom stereocenters. The van der Waals surface area contributed by atoms with Gasteiger partial charge in [-0.3, -0.25) is 4.79 Å². The summed E-state index contributed by atoms with van der Waals surface area (Å²) in [4.78, 5) is 15.1. The normalized spacial score (nSPS) is 14.6. The van der Waals surface area contributed by atoms with E-state index in [9.17, 15) is 9.18 Å². The zero-order valence-corrected chi connectivity index (χ0v) is 18.3. The summed E-state index contributed by atoms with van der Waals surface area (Å²) < 4.78 is 21.2. The van der Waals surface area contributed by atoms with Gasteiger partial charge in [0, 0.05) is 25.9 Å². The van der Waals surface area contributed by atoms with Crippen molar-refractivity contribution in [2.24, 2.45) is 0 Å². The van der Waals surface area contributed by atoms with E-state index in [1.54, 1.807) is 23.0 Å². The van der Waals surface area contributed by atoms with Gasteiger partial charge in [0.05, 0.1) is 23.1 Å². The predicted octanol–water partition coefficient (Wildman–Crippen LogP) is 4.87. The maximum atomic E-state index is 13.3. The van der Waals surface area contributed by atoms with Crippen molar-refractivity contribution in [1.29, 1.82) is 0 Å². The molecule has 0 atom stereocenters. The molecule has 3 aromatic rings. The fourth-order valence-electron chi connectivity index (χ4n) is 4.06. The Kier molecular flexibility index (Phi) is 6.07. The highest BCUT2D eigenvalue weighted by Gasteiger charge is 2.28. The molecule has 1 aliphatic rings. The molecule has 1 aromatic heterocycles. The quantitative estimate of drug-likeness (QED) is 0.590. The number of aryl methyl sites for hydroxylation is 2. The lowest BCUT2D eigenvalue weighted by Crippen LogP contribution is -2.42.